The molecule has 1 saturated heterocycles. The maximum absolute atomic E-state index is 12.7. The third-order valence-corrected chi connectivity index (χ3v) is 6.43. The second-order valence-electron chi connectivity index (χ2n) is 6.26. The number of carbonyl (C=O) groups excluding carboxylic acids is 1. The predicted octanol–water partition coefficient (Wildman–Crippen LogP) is 2.07. The summed E-state index contributed by atoms with van der Waals surface area (Å²) in [6.45, 7) is 4.69. The molecule has 8 heteroatoms. The molecule has 0 radical (unpaired) electrons. The molecule has 0 unspecified atom stereocenters. The zero-order chi connectivity index (χ0) is 18.2. The number of hydrogen-bond acceptors (Lipinski definition) is 4. The van der Waals surface area contributed by atoms with Crippen LogP contribution in [-0.2, 0) is 17.1 Å². The highest BCUT2D eigenvalue weighted by Crippen LogP contribution is 2.23. The number of nitrogens with one attached hydrogen (secondary N) is 1. The Morgan fingerprint density at radius 1 is 1.20 bits per heavy atom. The van der Waals surface area contributed by atoms with Gasteiger partial charge in [-0.2, -0.15) is 9.40 Å². The molecule has 1 aliphatic rings. The van der Waals surface area contributed by atoms with Crippen LogP contribution in [0.25, 0.3) is 0 Å². The van der Waals surface area contributed by atoms with Crippen LogP contribution in [0.15, 0.2) is 29.2 Å². The minimum absolute atomic E-state index is 0.201. The lowest BCUT2D eigenvalue weighted by molar-refractivity contribution is 0.102. The lowest BCUT2D eigenvalue weighted by Gasteiger charge is -2.16. The van der Waals surface area contributed by atoms with Crippen molar-refractivity contribution < 1.29 is 13.2 Å². The van der Waals surface area contributed by atoms with E-state index < -0.39 is 10.0 Å². The van der Waals surface area contributed by atoms with Gasteiger partial charge in [0.25, 0.3) is 5.91 Å². The fourth-order valence-corrected chi connectivity index (χ4v) is 4.67. The fraction of sp³-hybridized carbons (Fsp3) is 0.412. The zero-order valence-electron chi connectivity index (χ0n) is 14.6. The SMILES string of the molecule is Cc1nn(C)c(C)c1C(=O)Nc1cccc(S(=O)(=O)N2CCCC2)c1. The molecule has 7 nitrogen and oxygen atoms in total. The quantitative estimate of drug-likeness (QED) is 0.902. The van der Waals surface area contributed by atoms with E-state index in [1.54, 1.807) is 36.9 Å². The van der Waals surface area contributed by atoms with Crippen molar-refractivity contribution in [3.8, 4) is 0 Å². The van der Waals surface area contributed by atoms with Gasteiger partial charge in [-0.3, -0.25) is 9.48 Å². The van der Waals surface area contributed by atoms with Crippen LogP contribution in [0.1, 0.15) is 34.6 Å². The molecule has 0 saturated carbocycles. The van der Waals surface area contributed by atoms with Crippen LogP contribution < -0.4 is 5.32 Å². The Kier molecular flexibility index (Phi) is 4.66. The molecule has 2 heterocycles. The number of anilines is 1. The summed E-state index contributed by atoms with van der Waals surface area (Å²) in [4.78, 5) is 12.8. The average Bonchev–Trinajstić information content (AvgIpc) is 3.17. The summed E-state index contributed by atoms with van der Waals surface area (Å²) in [5, 5.41) is 7.02. The molecule has 134 valence electrons. The normalized spacial score (nSPS) is 15.5. The van der Waals surface area contributed by atoms with Crippen molar-refractivity contribution in [1.29, 1.82) is 0 Å². The van der Waals surface area contributed by atoms with Gasteiger partial charge in [0, 0.05) is 31.5 Å². The second kappa shape index (κ2) is 6.61. The summed E-state index contributed by atoms with van der Waals surface area (Å²) in [5.41, 5.74) is 2.36. The molecule has 0 atom stereocenters. The molecule has 0 bridgehead atoms. The van der Waals surface area contributed by atoms with Gasteiger partial charge in [-0.1, -0.05) is 6.07 Å². The summed E-state index contributed by atoms with van der Waals surface area (Å²) >= 11 is 0. The minimum atomic E-state index is -3.51. The van der Waals surface area contributed by atoms with Crippen molar-refractivity contribution in [2.24, 2.45) is 7.05 Å². The number of sulfonamides is 1. The molecule has 0 spiro atoms. The Morgan fingerprint density at radius 3 is 2.48 bits per heavy atom. The van der Waals surface area contributed by atoms with E-state index in [1.807, 2.05) is 6.92 Å². The topological polar surface area (TPSA) is 84.3 Å². The van der Waals surface area contributed by atoms with Gasteiger partial charge >= 0.3 is 0 Å². The van der Waals surface area contributed by atoms with Crippen molar-refractivity contribution in [2.75, 3.05) is 18.4 Å². The molecule has 1 fully saturated rings. The van der Waals surface area contributed by atoms with Crippen LogP contribution >= 0.6 is 0 Å². The average molecular weight is 362 g/mol. The van der Waals surface area contributed by atoms with Gasteiger partial charge in [0.05, 0.1) is 16.2 Å². The van der Waals surface area contributed by atoms with Crippen LogP contribution in [0, 0.1) is 13.8 Å². The smallest absolute Gasteiger partial charge is 0.259 e. The summed E-state index contributed by atoms with van der Waals surface area (Å²) in [6, 6.07) is 6.39. The summed E-state index contributed by atoms with van der Waals surface area (Å²) in [5.74, 6) is -0.293. The highest BCUT2D eigenvalue weighted by Gasteiger charge is 2.27. The largest absolute Gasteiger partial charge is 0.322 e. The molecule has 1 amide bonds. The van der Waals surface area contributed by atoms with Crippen molar-refractivity contribution in [3.63, 3.8) is 0 Å². The first-order valence-electron chi connectivity index (χ1n) is 8.22. The van der Waals surface area contributed by atoms with Gasteiger partial charge in [0.15, 0.2) is 0 Å². The van der Waals surface area contributed by atoms with Crippen LogP contribution in [0.4, 0.5) is 5.69 Å². The van der Waals surface area contributed by atoms with Crippen molar-refractivity contribution in [1.82, 2.24) is 14.1 Å². The van der Waals surface area contributed by atoms with E-state index in [-0.39, 0.29) is 10.8 Å². The zero-order valence-corrected chi connectivity index (χ0v) is 15.4. The van der Waals surface area contributed by atoms with Crippen LogP contribution in [0.2, 0.25) is 0 Å². The van der Waals surface area contributed by atoms with Gasteiger partial charge in [0.2, 0.25) is 10.0 Å². The van der Waals surface area contributed by atoms with Gasteiger partial charge in [-0.05, 0) is 44.9 Å². The van der Waals surface area contributed by atoms with E-state index in [2.05, 4.69) is 10.4 Å². The molecule has 1 aromatic heterocycles. The summed E-state index contributed by atoms with van der Waals surface area (Å²) < 4.78 is 28.4. The van der Waals surface area contributed by atoms with E-state index in [0.717, 1.165) is 18.5 Å². The van der Waals surface area contributed by atoms with E-state index >= 15 is 0 Å². The Morgan fingerprint density at radius 2 is 1.88 bits per heavy atom. The Hall–Kier alpha value is -2.19. The number of aryl methyl sites for hydroxylation is 2. The number of hydrogen-bond donors (Lipinski definition) is 1. The Labute approximate surface area is 147 Å². The maximum Gasteiger partial charge on any atom is 0.259 e. The highest BCUT2D eigenvalue weighted by molar-refractivity contribution is 7.89. The first kappa shape index (κ1) is 17.6. The fourth-order valence-electron chi connectivity index (χ4n) is 3.11. The second-order valence-corrected chi connectivity index (χ2v) is 8.20. The predicted molar refractivity (Wildman–Crippen MR) is 95.1 cm³/mol. The third kappa shape index (κ3) is 3.32. The van der Waals surface area contributed by atoms with Crippen molar-refractivity contribution >= 4 is 21.6 Å². The number of amides is 1. The Bertz CT molecular complexity index is 912. The number of rotatable bonds is 4. The summed E-state index contributed by atoms with van der Waals surface area (Å²) in [7, 11) is -1.73. The molecule has 25 heavy (non-hydrogen) atoms. The molecular formula is C17H22N4O3S. The first-order valence-corrected chi connectivity index (χ1v) is 9.66. The van der Waals surface area contributed by atoms with Gasteiger partial charge in [-0.25, -0.2) is 8.42 Å². The minimum Gasteiger partial charge on any atom is -0.322 e. The first-order chi connectivity index (χ1) is 11.8. The lowest BCUT2D eigenvalue weighted by atomic mass is 10.2. The van der Waals surface area contributed by atoms with Crippen molar-refractivity contribution in [3.05, 3.63) is 41.2 Å². The number of nitrogens with zero attached hydrogens (tertiary/aromatic N) is 3. The van der Waals surface area contributed by atoms with E-state index in [0.29, 0.717) is 30.0 Å². The van der Waals surface area contributed by atoms with Gasteiger partial charge in [0.1, 0.15) is 0 Å². The van der Waals surface area contributed by atoms with Gasteiger partial charge < -0.3 is 5.32 Å². The molecule has 2 aromatic rings. The molecular weight excluding hydrogens is 340 g/mol. The third-order valence-electron chi connectivity index (χ3n) is 4.53. The molecule has 1 N–H and O–H groups in total. The van der Waals surface area contributed by atoms with E-state index in [1.165, 1.54) is 10.4 Å². The maximum atomic E-state index is 12.7. The van der Waals surface area contributed by atoms with E-state index in [4.69, 9.17) is 0 Å². The molecule has 3 rings (SSSR count). The molecule has 0 aliphatic carbocycles. The van der Waals surface area contributed by atoms with Crippen LogP contribution in [0.3, 0.4) is 0 Å². The van der Waals surface area contributed by atoms with Crippen LogP contribution in [0.5, 0.6) is 0 Å². The molecule has 1 aliphatic heterocycles. The van der Waals surface area contributed by atoms with Crippen molar-refractivity contribution in [2.45, 2.75) is 31.6 Å². The van der Waals surface area contributed by atoms with Crippen LogP contribution in [-0.4, -0.2) is 41.5 Å². The number of benzene rings is 1. The lowest BCUT2D eigenvalue weighted by Crippen LogP contribution is -2.28. The number of aromatic nitrogens is 2. The molecule has 1 aromatic carbocycles. The monoisotopic (exact) mass is 362 g/mol. The standard InChI is InChI=1S/C17H22N4O3S/c1-12-16(13(2)20(3)19-12)17(22)18-14-7-6-8-15(11-14)25(23,24)21-9-4-5-10-21/h6-8,11H,4-5,9-10H2,1-3H3,(H,18,22). The van der Waals surface area contributed by atoms with E-state index in [9.17, 15) is 13.2 Å². The summed E-state index contributed by atoms with van der Waals surface area (Å²) in [6.07, 6.45) is 1.77. The Balaban J connectivity index is 1.86. The number of carbonyl (C=O) groups is 1. The van der Waals surface area contributed by atoms with Gasteiger partial charge in [-0.15, -0.1) is 0 Å². The highest BCUT2D eigenvalue weighted by atomic mass is 32.2.